The zero-order valence-electron chi connectivity index (χ0n) is 7.68. The summed E-state index contributed by atoms with van der Waals surface area (Å²) in [5.41, 5.74) is 0. The van der Waals surface area contributed by atoms with Crippen LogP contribution in [0.15, 0.2) is 0 Å². The molecule has 1 atom stereocenters. The predicted molar refractivity (Wildman–Crippen MR) is 66.3 cm³/mol. The molecule has 8 heteroatoms. The van der Waals surface area contributed by atoms with Crippen LogP contribution in [0.3, 0.4) is 0 Å². The maximum Gasteiger partial charge on any atom is 0.258 e. The highest BCUT2D eigenvalue weighted by Crippen LogP contribution is 2.71. The molecule has 0 aliphatic heterocycles. The van der Waals surface area contributed by atoms with Gasteiger partial charge in [-0.05, 0) is 0 Å². The molecular weight excluding hydrogens is 310 g/mol. The normalized spacial score (nSPS) is 17.5. The molecule has 0 bridgehead atoms. The second-order valence-electron chi connectivity index (χ2n) is 2.51. The third-order valence-corrected chi connectivity index (χ3v) is 8.21. The second-order valence-corrected chi connectivity index (χ2v) is 10.3. The van der Waals surface area contributed by atoms with Crippen molar-refractivity contribution in [3.05, 3.63) is 0 Å². The fourth-order valence-electron chi connectivity index (χ4n) is 1.04. The van der Waals surface area contributed by atoms with Crippen LogP contribution in [-0.2, 0) is 4.57 Å². The Morgan fingerprint density at radius 2 is 1.57 bits per heavy atom. The molecular formula is C6H11Cl5NOP. The first kappa shape index (κ1) is 15.6. The van der Waals surface area contributed by atoms with E-state index in [1.54, 1.807) is 13.8 Å². The lowest BCUT2D eigenvalue weighted by molar-refractivity contribution is 0.444. The Bertz CT molecular complexity index is 225. The molecule has 0 aliphatic carbocycles. The third-order valence-electron chi connectivity index (χ3n) is 1.78. The second kappa shape index (κ2) is 5.82. The van der Waals surface area contributed by atoms with Gasteiger partial charge in [-0.2, -0.15) is 0 Å². The molecule has 0 radical (unpaired) electrons. The Balaban J connectivity index is 5.21. The minimum absolute atomic E-state index is 0.456. The Kier molecular flexibility index (Phi) is 6.50. The zero-order valence-corrected chi connectivity index (χ0v) is 12.4. The number of rotatable bonds is 4. The summed E-state index contributed by atoms with van der Waals surface area (Å²) in [6.45, 7) is 4.50. The molecule has 14 heavy (non-hydrogen) atoms. The summed E-state index contributed by atoms with van der Waals surface area (Å²) in [5.74, 6) is 0. The molecule has 86 valence electrons. The monoisotopic (exact) mass is 319 g/mol. The van der Waals surface area contributed by atoms with Crippen molar-refractivity contribution < 1.29 is 4.57 Å². The SMILES string of the molecule is CCN(CC)[P@](=O)(C(Cl)Cl)C(Cl)(Cl)Cl. The van der Waals surface area contributed by atoms with Crippen molar-refractivity contribution in [2.24, 2.45) is 0 Å². The van der Waals surface area contributed by atoms with Gasteiger partial charge in [0.25, 0.3) is 3.53 Å². The summed E-state index contributed by atoms with van der Waals surface area (Å²) >= 11 is 28.2. The number of hydrogen-bond acceptors (Lipinski definition) is 1. The van der Waals surface area contributed by atoms with Crippen molar-refractivity contribution in [3.63, 3.8) is 0 Å². The average molecular weight is 321 g/mol. The Labute approximate surface area is 109 Å². The smallest absolute Gasteiger partial charge is 0.258 e. The Morgan fingerprint density at radius 1 is 1.21 bits per heavy atom. The van der Waals surface area contributed by atoms with E-state index < -0.39 is 15.4 Å². The first-order valence-corrected chi connectivity index (χ1v) is 7.65. The van der Waals surface area contributed by atoms with E-state index in [1.165, 1.54) is 4.67 Å². The van der Waals surface area contributed by atoms with Gasteiger partial charge in [-0.1, -0.05) is 71.9 Å². The van der Waals surface area contributed by atoms with E-state index in [4.69, 9.17) is 58.0 Å². The lowest BCUT2D eigenvalue weighted by Crippen LogP contribution is -2.29. The van der Waals surface area contributed by atoms with Crippen LogP contribution in [-0.4, -0.2) is 25.9 Å². The number of hydrogen-bond donors (Lipinski definition) is 0. The van der Waals surface area contributed by atoms with Crippen LogP contribution in [0.1, 0.15) is 13.8 Å². The standard InChI is InChI=1S/C6H11Cl5NOP/c1-3-12(4-2)14(13,5(7)8)6(9,10)11/h5H,3-4H2,1-2H3/t14-/m0/s1. The lowest BCUT2D eigenvalue weighted by Gasteiger charge is -2.35. The van der Waals surface area contributed by atoms with Crippen molar-refractivity contribution in [3.8, 4) is 0 Å². The van der Waals surface area contributed by atoms with Gasteiger partial charge in [0.2, 0.25) is 7.29 Å². The van der Waals surface area contributed by atoms with Crippen LogP contribution in [0.4, 0.5) is 0 Å². The van der Waals surface area contributed by atoms with Gasteiger partial charge in [-0.25, -0.2) is 4.67 Å². The molecule has 0 saturated heterocycles. The number of nitrogens with zero attached hydrogens (tertiary/aromatic N) is 1. The first-order valence-electron chi connectivity index (χ1n) is 3.91. The highest BCUT2D eigenvalue weighted by atomic mass is 35.6. The quantitative estimate of drug-likeness (QED) is 0.553. The van der Waals surface area contributed by atoms with Crippen LogP contribution in [0.5, 0.6) is 0 Å². The van der Waals surface area contributed by atoms with Crippen LogP contribution in [0.2, 0.25) is 0 Å². The fourth-order valence-corrected chi connectivity index (χ4v) is 7.03. The first-order chi connectivity index (χ1) is 6.21. The van der Waals surface area contributed by atoms with Crippen molar-refractivity contribution in [1.82, 2.24) is 4.67 Å². The molecule has 0 rings (SSSR count). The van der Waals surface area contributed by atoms with Crippen molar-refractivity contribution >= 4 is 65.3 Å². The molecule has 0 aromatic rings. The lowest BCUT2D eigenvalue weighted by atomic mass is 10.7. The average Bonchev–Trinajstić information content (AvgIpc) is 2.03. The molecule has 0 spiro atoms. The maximum atomic E-state index is 12.4. The summed E-state index contributed by atoms with van der Waals surface area (Å²) < 4.78 is 10.7. The van der Waals surface area contributed by atoms with E-state index in [2.05, 4.69) is 0 Å². The van der Waals surface area contributed by atoms with Gasteiger partial charge in [0, 0.05) is 13.1 Å². The van der Waals surface area contributed by atoms with E-state index in [1.807, 2.05) is 0 Å². The van der Waals surface area contributed by atoms with Crippen LogP contribution < -0.4 is 0 Å². The van der Waals surface area contributed by atoms with E-state index in [-0.39, 0.29) is 0 Å². The molecule has 0 fully saturated rings. The molecule has 0 N–H and O–H groups in total. The highest BCUT2D eigenvalue weighted by Gasteiger charge is 2.52. The molecule has 0 saturated carbocycles. The number of halogens is 5. The van der Waals surface area contributed by atoms with Gasteiger partial charge in [0.05, 0.1) is 0 Å². The van der Waals surface area contributed by atoms with Gasteiger partial charge in [0.15, 0.2) is 4.58 Å². The minimum Gasteiger partial charge on any atom is -0.299 e. The Morgan fingerprint density at radius 3 is 1.64 bits per heavy atom. The van der Waals surface area contributed by atoms with Gasteiger partial charge in [0.1, 0.15) is 0 Å². The van der Waals surface area contributed by atoms with Crippen LogP contribution >= 0.6 is 65.3 Å². The van der Waals surface area contributed by atoms with E-state index >= 15 is 0 Å². The summed E-state index contributed by atoms with van der Waals surface area (Å²) in [6.07, 6.45) is 0. The fraction of sp³-hybridized carbons (Fsp3) is 1.00. The van der Waals surface area contributed by atoms with Gasteiger partial charge in [-0.15, -0.1) is 0 Å². The van der Waals surface area contributed by atoms with Crippen LogP contribution in [0, 0.1) is 0 Å². The molecule has 0 aliphatic rings. The number of alkyl halides is 5. The molecule has 0 unspecified atom stereocenters. The molecule has 0 aromatic heterocycles. The van der Waals surface area contributed by atoms with E-state index in [9.17, 15) is 4.57 Å². The molecule has 0 amide bonds. The van der Waals surface area contributed by atoms with Crippen molar-refractivity contribution in [1.29, 1.82) is 0 Å². The van der Waals surface area contributed by atoms with Crippen molar-refractivity contribution in [2.75, 3.05) is 13.1 Å². The summed E-state index contributed by atoms with van der Waals surface area (Å²) in [6, 6.07) is 0. The van der Waals surface area contributed by atoms with Crippen molar-refractivity contribution in [2.45, 2.75) is 22.0 Å². The summed E-state index contributed by atoms with van der Waals surface area (Å²) in [4.78, 5) is 0. The van der Waals surface area contributed by atoms with E-state index in [0.717, 1.165) is 0 Å². The van der Waals surface area contributed by atoms with E-state index in [0.29, 0.717) is 13.1 Å². The summed E-state index contributed by atoms with van der Waals surface area (Å²) in [7, 11) is -3.42. The third kappa shape index (κ3) is 3.07. The topological polar surface area (TPSA) is 20.3 Å². The molecule has 0 heterocycles. The highest BCUT2D eigenvalue weighted by molar-refractivity contribution is 7.73. The zero-order chi connectivity index (χ0) is 11.6. The van der Waals surface area contributed by atoms with Gasteiger partial charge >= 0.3 is 0 Å². The van der Waals surface area contributed by atoms with Gasteiger partial charge < -0.3 is 0 Å². The molecule has 2 nitrogen and oxygen atoms in total. The Hall–Kier alpha value is 1.64. The maximum absolute atomic E-state index is 12.4. The predicted octanol–water partition coefficient (Wildman–Crippen LogP) is 4.70. The van der Waals surface area contributed by atoms with Gasteiger partial charge in [-0.3, -0.25) is 4.57 Å². The largest absolute Gasteiger partial charge is 0.299 e. The minimum atomic E-state index is -3.42. The van der Waals surface area contributed by atoms with Crippen LogP contribution in [0.25, 0.3) is 0 Å². The summed E-state index contributed by atoms with van der Waals surface area (Å²) in [5, 5.41) is 0. The molecule has 0 aromatic carbocycles.